The number of likely N-dealkylation sites (tertiary alicyclic amines) is 1. The summed E-state index contributed by atoms with van der Waals surface area (Å²) >= 11 is 0. The molecule has 0 unspecified atom stereocenters. The van der Waals surface area contributed by atoms with Crippen molar-refractivity contribution >= 4 is 5.91 Å². The van der Waals surface area contributed by atoms with E-state index in [2.05, 4.69) is 10.2 Å². The Morgan fingerprint density at radius 2 is 2.35 bits per heavy atom. The van der Waals surface area contributed by atoms with E-state index < -0.39 is 0 Å². The lowest BCUT2D eigenvalue weighted by Crippen LogP contribution is -2.42. The summed E-state index contributed by atoms with van der Waals surface area (Å²) in [7, 11) is 1.67. The molecule has 20 heavy (non-hydrogen) atoms. The predicted octanol–water partition coefficient (Wildman–Crippen LogP) is 1.31. The van der Waals surface area contributed by atoms with Gasteiger partial charge in [-0.3, -0.25) is 9.69 Å². The van der Waals surface area contributed by atoms with Crippen molar-refractivity contribution in [3.8, 4) is 0 Å². The number of amides is 1. The second-order valence-electron chi connectivity index (χ2n) is 5.81. The molecule has 0 bridgehead atoms. The number of hydrogen-bond donors (Lipinski definition) is 1. The van der Waals surface area contributed by atoms with E-state index in [9.17, 15) is 4.79 Å². The fraction of sp³-hybridized carbons (Fsp3) is 0.667. The maximum Gasteiger partial charge on any atom is 0.248 e. The zero-order valence-corrected chi connectivity index (χ0v) is 12.1. The average molecular weight is 278 g/mol. The number of fused-ring (bicyclic) bond motifs is 1. The lowest BCUT2D eigenvalue weighted by molar-refractivity contribution is -0.132. The Morgan fingerprint density at radius 3 is 3.05 bits per heavy atom. The first-order valence-electron chi connectivity index (χ1n) is 7.30. The number of carbonyl (C=O) groups excluding carboxylic acids is 1. The van der Waals surface area contributed by atoms with Gasteiger partial charge in [0.25, 0.3) is 0 Å². The first kappa shape index (κ1) is 13.6. The van der Waals surface area contributed by atoms with Crippen molar-refractivity contribution < 1.29 is 13.9 Å². The Hall–Kier alpha value is -1.33. The van der Waals surface area contributed by atoms with Gasteiger partial charge in [0, 0.05) is 13.6 Å². The molecule has 2 saturated heterocycles. The second kappa shape index (κ2) is 5.58. The lowest BCUT2D eigenvalue weighted by Gasteiger charge is -2.33. The molecule has 2 aliphatic rings. The highest BCUT2D eigenvalue weighted by atomic mass is 16.5. The number of hydrogen-bond acceptors (Lipinski definition) is 4. The molecule has 1 aromatic rings. The van der Waals surface area contributed by atoms with Crippen LogP contribution in [0.2, 0.25) is 0 Å². The Bertz CT molecular complexity index is 485. The van der Waals surface area contributed by atoms with Gasteiger partial charge in [-0.25, -0.2) is 0 Å². The van der Waals surface area contributed by atoms with Crippen molar-refractivity contribution in [3.63, 3.8) is 0 Å². The number of ether oxygens (including phenoxy) is 1. The quantitative estimate of drug-likeness (QED) is 0.906. The number of rotatable bonds is 3. The number of carbonyl (C=O) groups is 1. The summed E-state index contributed by atoms with van der Waals surface area (Å²) in [6.45, 7) is 4.72. The van der Waals surface area contributed by atoms with Gasteiger partial charge in [-0.05, 0) is 44.4 Å². The fourth-order valence-corrected chi connectivity index (χ4v) is 3.26. The molecule has 0 aliphatic carbocycles. The van der Waals surface area contributed by atoms with E-state index in [0.29, 0.717) is 5.92 Å². The molecule has 0 radical (unpaired) electrons. The third-order valence-electron chi connectivity index (χ3n) is 4.35. The molecule has 3 heterocycles. The van der Waals surface area contributed by atoms with Crippen molar-refractivity contribution in [2.75, 3.05) is 20.1 Å². The molecule has 3 rings (SSSR count). The van der Waals surface area contributed by atoms with E-state index in [4.69, 9.17) is 9.15 Å². The molecule has 0 spiro atoms. The normalized spacial score (nSPS) is 30.2. The van der Waals surface area contributed by atoms with E-state index in [0.717, 1.165) is 44.0 Å². The lowest BCUT2D eigenvalue weighted by atomic mass is 9.91. The van der Waals surface area contributed by atoms with Gasteiger partial charge >= 0.3 is 0 Å². The molecule has 3 atom stereocenters. The topological polar surface area (TPSA) is 54.7 Å². The number of nitrogens with zero attached hydrogens (tertiary/aromatic N) is 1. The molecular formula is C15H22N2O3. The fourth-order valence-electron chi connectivity index (χ4n) is 3.26. The maximum atomic E-state index is 11.7. The van der Waals surface area contributed by atoms with Gasteiger partial charge in [-0.2, -0.15) is 0 Å². The summed E-state index contributed by atoms with van der Waals surface area (Å²) in [5.74, 6) is 2.48. The molecule has 110 valence electrons. The van der Waals surface area contributed by atoms with Crippen molar-refractivity contribution in [2.24, 2.45) is 5.92 Å². The number of nitrogens with one attached hydrogen (secondary N) is 1. The molecule has 1 aromatic heterocycles. The molecule has 2 aliphatic heterocycles. The molecular weight excluding hydrogens is 256 g/mol. The van der Waals surface area contributed by atoms with Gasteiger partial charge in [0.15, 0.2) is 0 Å². The summed E-state index contributed by atoms with van der Waals surface area (Å²) in [4.78, 5) is 14.0. The average Bonchev–Trinajstić information content (AvgIpc) is 3.03. The van der Waals surface area contributed by atoms with Crippen LogP contribution in [0.3, 0.4) is 0 Å². The summed E-state index contributed by atoms with van der Waals surface area (Å²) in [6.07, 6.45) is 1.87. The van der Waals surface area contributed by atoms with Crippen LogP contribution in [0, 0.1) is 12.8 Å². The zero-order valence-electron chi connectivity index (χ0n) is 12.1. The number of piperidine rings is 1. The standard InChI is InChI=1S/C15H22N2O3/c1-10-3-4-12(19-10)8-17-6-5-11-7-13(15(18)16-2)20-14(11)9-17/h3-4,11,13-14H,5-9H2,1-2H3,(H,16,18)/t11-,13+,14+/m1/s1. The molecule has 0 aromatic carbocycles. The minimum absolute atomic E-state index is 0.00705. The predicted molar refractivity (Wildman–Crippen MR) is 74.2 cm³/mol. The highest BCUT2D eigenvalue weighted by molar-refractivity contribution is 5.80. The van der Waals surface area contributed by atoms with Gasteiger partial charge < -0.3 is 14.5 Å². The first-order valence-corrected chi connectivity index (χ1v) is 7.30. The highest BCUT2D eigenvalue weighted by Crippen LogP contribution is 2.33. The van der Waals surface area contributed by atoms with Crippen molar-refractivity contribution in [2.45, 2.75) is 38.5 Å². The first-order chi connectivity index (χ1) is 9.65. The smallest absolute Gasteiger partial charge is 0.248 e. The Balaban J connectivity index is 1.57. The second-order valence-corrected chi connectivity index (χ2v) is 5.81. The monoisotopic (exact) mass is 278 g/mol. The van der Waals surface area contributed by atoms with E-state index in [1.165, 1.54) is 0 Å². The van der Waals surface area contributed by atoms with E-state index in [-0.39, 0.29) is 18.1 Å². The van der Waals surface area contributed by atoms with Crippen LogP contribution < -0.4 is 5.32 Å². The SMILES string of the molecule is CNC(=O)[C@@H]1C[C@H]2CCN(Cc3ccc(C)o3)C[C@@H]2O1. The van der Waals surface area contributed by atoms with Crippen LogP contribution in [0.1, 0.15) is 24.4 Å². The minimum Gasteiger partial charge on any atom is -0.465 e. The molecule has 5 heteroatoms. The van der Waals surface area contributed by atoms with Crippen LogP contribution in [0.25, 0.3) is 0 Å². The summed E-state index contributed by atoms with van der Waals surface area (Å²) in [6, 6.07) is 4.03. The molecule has 1 N–H and O–H groups in total. The minimum atomic E-state index is -0.263. The van der Waals surface area contributed by atoms with Gasteiger partial charge in [-0.1, -0.05) is 0 Å². The summed E-state index contributed by atoms with van der Waals surface area (Å²) < 4.78 is 11.5. The maximum absolute atomic E-state index is 11.7. The van der Waals surface area contributed by atoms with Crippen LogP contribution in [0.15, 0.2) is 16.5 Å². The van der Waals surface area contributed by atoms with E-state index in [1.807, 2.05) is 19.1 Å². The third-order valence-corrected chi connectivity index (χ3v) is 4.35. The van der Waals surface area contributed by atoms with E-state index >= 15 is 0 Å². The van der Waals surface area contributed by atoms with Crippen LogP contribution in [-0.4, -0.2) is 43.2 Å². The van der Waals surface area contributed by atoms with Crippen LogP contribution >= 0.6 is 0 Å². The molecule has 0 saturated carbocycles. The van der Waals surface area contributed by atoms with E-state index in [1.54, 1.807) is 7.05 Å². The van der Waals surface area contributed by atoms with Gasteiger partial charge in [0.1, 0.15) is 17.6 Å². The Morgan fingerprint density at radius 1 is 1.50 bits per heavy atom. The summed E-state index contributed by atoms with van der Waals surface area (Å²) in [5.41, 5.74) is 0. The zero-order chi connectivity index (χ0) is 14.1. The Kier molecular flexibility index (Phi) is 3.81. The van der Waals surface area contributed by atoms with Crippen LogP contribution in [-0.2, 0) is 16.1 Å². The van der Waals surface area contributed by atoms with Crippen molar-refractivity contribution in [1.82, 2.24) is 10.2 Å². The number of aryl methyl sites for hydroxylation is 1. The number of likely N-dealkylation sites (N-methyl/N-ethyl adjacent to an activating group) is 1. The van der Waals surface area contributed by atoms with Crippen molar-refractivity contribution in [3.05, 3.63) is 23.7 Å². The van der Waals surface area contributed by atoms with Crippen LogP contribution in [0.4, 0.5) is 0 Å². The van der Waals surface area contributed by atoms with Crippen LogP contribution in [0.5, 0.6) is 0 Å². The molecule has 5 nitrogen and oxygen atoms in total. The van der Waals surface area contributed by atoms with Gasteiger partial charge in [-0.15, -0.1) is 0 Å². The third kappa shape index (κ3) is 2.74. The summed E-state index contributed by atoms with van der Waals surface area (Å²) in [5, 5.41) is 2.68. The molecule has 1 amide bonds. The number of furan rings is 1. The Labute approximate surface area is 119 Å². The highest BCUT2D eigenvalue weighted by Gasteiger charge is 2.41. The van der Waals surface area contributed by atoms with Crippen molar-refractivity contribution in [1.29, 1.82) is 0 Å². The molecule has 2 fully saturated rings. The van der Waals surface area contributed by atoms with Gasteiger partial charge in [0.05, 0.1) is 12.6 Å². The van der Waals surface area contributed by atoms with Gasteiger partial charge in [0.2, 0.25) is 5.91 Å². The largest absolute Gasteiger partial charge is 0.465 e.